The van der Waals surface area contributed by atoms with Gasteiger partial charge in [-0.2, -0.15) is 0 Å². The number of urea groups is 1. The minimum Gasteiger partial charge on any atom is -0.378 e. The van der Waals surface area contributed by atoms with Crippen LogP contribution in [-0.2, 0) is 16.1 Å². The van der Waals surface area contributed by atoms with Crippen molar-refractivity contribution in [1.82, 2.24) is 20.1 Å². The fourth-order valence-corrected chi connectivity index (χ4v) is 2.76. The fraction of sp³-hybridized carbons (Fsp3) is 0.636. The summed E-state index contributed by atoms with van der Waals surface area (Å²) in [7, 11) is 0. The largest absolute Gasteiger partial charge is 0.378 e. The van der Waals surface area contributed by atoms with Crippen molar-refractivity contribution in [3.05, 3.63) is 0 Å². The van der Waals surface area contributed by atoms with Gasteiger partial charge in [0.05, 0.1) is 19.0 Å². The van der Waals surface area contributed by atoms with Crippen LogP contribution < -0.4 is 16.0 Å². The number of imide groups is 1. The van der Waals surface area contributed by atoms with Gasteiger partial charge in [-0.3, -0.25) is 14.7 Å². The number of carbonyl (C=O) groups is 2. The van der Waals surface area contributed by atoms with Gasteiger partial charge >= 0.3 is 6.03 Å². The monoisotopic (exact) mass is 314 g/mol. The van der Waals surface area contributed by atoms with Crippen LogP contribution in [0.2, 0.25) is 0 Å². The summed E-state index contributed by atoms with van der Waals surface area (Å²) in [5, 5.41) is 11.0. The van der Waals surface area contributed by atoms with Crippen LogP contribution in [0.25, 0.3) is 0 Å². The van der Waals surface area contributed by atoms with Crippen LogP contribution in [0.1, 0.15) is 6.92 Å². The number of carbonyl (C=O) groups excluding carboxylic acids is 2. The molecular formula is C11H18N6O3S. The van der Waals surface area contributed by atoms with Crippen molar-refractivity contribution in [1.29, 1.82) is 0 Å². The Morgan fingerprint density at radius 3 is 2.71 bits per heavy atom. The molecule has 9 nitrogen and oxygen atoms in total. The molecule has 116 valence electrons. The molecular weight excluding hydrogens is 296 g/mol. The van der Waals surface area contributed by atoms with Gasteiger partial charge in [0, 0.05) is 19.6 Å². The molecule has 0 radical (unpaired) electrons. The number of primary amides is 1. The number of thioether (sulfide) groups is 1. The molecule has 1 aromatic heterocycles. The van der Waals surface area contributed by atoms with Crippen molar-refractivity contribution in [3.8, 4) is 0 Å². The van der Waals surface area contributed by atoms with Crippen LogP contribution in [0.3, 0.4) is 0 Å². The average Bonchev–Trinajstić information content (AvgIpc) is 2.88. The molecule has 0 bridgehead atoms. The van der Waals surface area contributed by atoms with Crippen molar-refractivity contribution >= 4 is 29.6 Å². The third-order valence-corrected chi connectivity index (χ3v) is 3.87. The standard InChI is InChI=1S/C11H18N6O3S/c1-2-17-10(16-3-5-20-6-4-16)14-15-11(17)21-7-8(18)13-9(12)19/h2-7H2,1H3,(H3,12,13,18,19). The normalized spacial score (nSPS) is 15.0. The number of rotatable bonds is 5. The van der Waals surface area contributed by atoms with Crippen LogP contribution >= 0.6 is 11.8 Å². The molecule has 0 aromatic carbocycles. The van der Waals surface area contributed by atoms with Gasteiger partial charge < -0.3 is 15.4 Å². The van der Waals surface area contributed by atoms with Crippen LogP contribution in [-0.4, -0.2) is 58.8 Å². The van der Waals surface area contributed by atoms with E-state index in [4.69, 9.17) is 10.5 Å². The molecule has 1 aromatic rings. The average molecular weight is 314 g/mol. The van der Waals surface area contributed by atoms with E-state index in [1.165, 1.54) is 11.8 Å². The van der Waals surface area contributed by atoms with Crippen LogP contribution in [0.5, 0.6) is 0 Å². The zero-order valence-corrected chi connectivity index (χ0v) is 12.6. The van der Waals surface area contributed by atoms with E-state index in [9.17, 15) is 9.59 Å². The highest BCUT2D eigenvalue weighted by molar-refractivity contribution is 7.99. The summed E-state index contributed by atoms with van der Waals surface area (Å²) in [5.74, 6) is 0.383. The minimum atomic E-state index is -0.855. The summed E-state index contributed by atoms with van der Waals surface area (Å²) in [6.45, 7) is 5.55. The Morgan fingerprint density at radius 1 is 1.38 bits per heavy atom. The van der Waals surface area contributed by atoms with E-state index in [1.807, 2.05) is 16.8 Å². The van der Waals surface area contributed by atoms with Crippen molar-refractivity contribution in [2.75, 3.05) is 37.0 Å². The Balaban J connectivity index is 2.01. The van der Waals surface area contributed by atoms with E-state index in [1.54, 1.807) is 0 Å². The van der Waals surface area contributed by atoms with Crippen LogP contribution in [0.4, 0.5) is 10.7 Å². The van der Waals surface area contributed by atoms with Crippen LogP contribution in [0, 0.1) is 0 Å². The Kier molecular flexibility index (Phi) is 5.39. The van der Waals surface area contributed by atoms with Gasteiger partial charge in [0.1, 0.15) is 0 Å². The molecule has 0 saturated carbocycles. The Labute approximate surface area is 126 Å². The maximum atomic E-state index is 11.4. The molecule has 1 fully saturated rings. The zero-order valence-electron chi connectivity index (χ0n) is 11.7. The summed E-state index contributed by atoms with van der Waals surface area (Å²) >= 11 is 1.22. The van der Waals surface area contributed by atoms with Crippen molar-refractivity contribution < 1.29 is 14.3 Å². The smallest absolute Gasteiger partial charge is 0.318 e. The number of hydrogen-bond acceptors (Lipinski definition) is 7. The SMILES string of the molecule is CCn1c(SCC(=O)NC(N)=O)nnc1N1CCOCC1. The van der Waals surface area contributed by atoms with E-state index >= 15 is 0 Å². The summed E-state index contributed by atoms with van der Waals surface area (Å²) < 4.78 is 7.25. The van der Waals surface area contributed by atoms with Crippen molar-refractivity contribution in [2.45, 2.75) is 18.6 Å². The minimum absolute atomic E-state index is 0.0597. The summed E-state index contributed by atoms with van der Waals surface area (Å²) in [6, 6.07) is -0.855. The lowest BCUT2D eigenvalue weighted by Crippen LogP contribution is -2.38. The van der Waals surface area contributed by atoms with Gasteiger partial charge in [-0.15, -0.1) is 10.2 Å². The fourth-order valence-electron chi connectivity index (χ4n) is 1.97. The molecule has 0 aliphatic carbocycles. The number of ether oxygens (including phenoxy) is 1. The van der Waals surface area contributed by atoms with Gasteiger partial charge in [-0.05, 0) is 6.92 Å². The predicted octanol–water partition coefficient (Wildman–Crippen LogP) is -0.578. The van der Waals surface area contributed by atoms with E-state index in [0.29, 0.717) is 24.9 Å². The van der Waals surface area contributed by atoms with Gasteiger partial charge in [0.2, 0.25) is 11.9 Å². The maximum Gasteiger partial charge on any atom is 0.318 e. The first-order valence-electron chi connectivity index (χ1n) is 6.59. The van der Waals surface area contributed by atoms with Crippen molar-refractivity contribution in [2.24, 2.45) is 5.73 Å². The summed E-state index contributed by atoms with van der Waals surface area (Å²) in [5.41, 5.74) is 4.89. The first-order valence-corrected chi connectivity index (χ1v) is 7.58. The zero-order chi connectivity index (χ0) is 15.2. The highest BCUT2D eigenvalue weighted by Crippen LogP contribution is 2.22. The molecule has 2 rings (SSSR count). The lowest BCUT2D eigenvalue weighted by molar-refractivity contribution is -0.117. The number of nitrogens with one attached hydrogen (secondary N) is 1. The summed E-state index contributed by atoms with van der Waals surface area (Å²) in [6.07, 6.45) is 0. The molecule has 1 aliphatic heterocycles. The highest BCUT2D eigenvalue weighted by Gasteiger charge is 2.20. The topological polar surface area (TPSA) is 115 Å². The van der Waals surface area contributed by atoms with Gasteiger partial charge in [0.25, 0.3) is 0 Å². The first kappa shape index (κ1) is 15.6. The predicted molar refractivity (Wildman–Crippen MR) is 77.2 cm³/mol. The molecule has 0 atom stereocenters. The Bertz CT molecular complexity index is 514. The number of nitrogens with two attached hydrogens (primary N) is 1. The number of nitrogens with zero attached hydrogens (tertiary/aromatic N) is 4. The molecule has 0 spiro atoms. The van der Waals surface area contributed by atoms with E-state index in [-0.39, 0.29) is 5.75 Å². The van der Waals surface area contributed by atoms with Gasteiger partial charge in [-0.25, -0.2) is 4.79 Å². The number of amides is 3. The lowest BCUT2D eigenvalue weighted by Gasteiger charge is -2.27. The second kappa shape index (κ2) is 7.27. The van der Waals surface area contributed by atoms with E-state index in [2.05, 4.69) is 15.1 Å². The molecule has 2 heterocycles. The number of hydrogen-bond donors (Lipinski definition) is 2. The second-order valence-electron chi connectivity index (χ2n) is 4.33. The number of aromatic nitrogens is 3. The molecule has 3 N–H and O–H groups in total. The first-order chi connectivity index (χ1) is 10.1. The van der Waals surface area contributed by atoms with E-state index < -0.39 is 11.9 Å². The number of anilines is 1. The Morgan fingerprint density at radius 2 is 2.10 bits per heavy atom. The highest BCUT2D eigenvalue weighted by atomic mass is 32.2. The quantitative estimate of drug-likeness (QED) is 0.699. The van der Waals surface area contributed by atoms with Gasteiger partial charge in [0.15, 0.2) is 5.16 Å². The van der Waals surface area contributed by atoms with Gasteiger partial charge in [-0.1, -0.05) is 11.8 Å². The lowest BCUT2D eigenvalue weighted by atomic mass is 10.4. The second-order valence-corrected chi connectivity index (χ2v) is 5.27. The molecule has 3 amide bonds. The Hall–Kier alpha value is -1.81. The summed E-state index contributed by atoms with van der Waals surface area (Å²) in [4.78, 5) is 24.1. The number of morpholine rings is 1. The molecule has 21 heavy (non-hydrogen) atoms. The molecule has 1 aliphatic rings. The third kappa shape index (κ3) is 4.08. The molecule has 10 heteroatoms. The van der Waals surface area contributed by atoms with Crippen LogP contribution in [0.15, 0.2) is 5.16 Å². The van der Waals surface area contributed by atoms with Crippen molar-refractivity contribution in [3.63, 3.8) is 0 Å². The third-order valence-electron chi connectivity index (χ3n) is 2.90. The van der Waals surface area contributed by atoms with E-state index in [0.717, 1.165) is 19.0 Å². The molecule has 0 unspecified atom stereocenters. The molecule has 1 saturated heterocycles. The maximum absolute atomic E-state index is 11.4.